The Kier molecular flexibility index (Phi) is 3.18. The van der Waals surface area contributed by atoms with Gasteiger partial charge in [0.1, 0.15) is 0 Å². The summed E-state index contributed by atoms with van der Waals surface area (Å²) in [6.07, 6.45) is 2.49. The SMILES string of the molecule is CC1(C)C2CCC1(C)[C@@H](OS(=O)(=O)O)C2.N. The van der Waals surface area contributed by atoms with E-state index in [0.717, 1.165) is 19.3 Å². The highest BCUT2D eigenvalue weighted by Gasteiger charge is 2.62. The molecule has 2 fully saturated rings. The first-order valence-electron chi connectivity index (χ1n) is 5.32. The highest BCUT2D eigenvalue weighted by Crippen LogP contribution is 2.66. The maximum Gasteiger partial charge on any atom is 0.397 e. The molecule has 4 N–H and O–H groups in total. The molecule has 16 heavy (non-hydrogen) atoms. The standard InChI is InChI=1S/C10H18O4S.H3N/c1-9(2)7-4-5-10(9,3)8(6-7)14-15(11,12)13;/h7-8H,4-6H2,1-3H3,(H,11,12,13);1H3/t7?,8-,10?;/m0./s1. The molecule has 2 unspecified atom stereocenters. The molecule has 2 saturated carbocycles. The van der Waals surface area contributed by atoms with Gasteiger partial charge in [-0.2, -0.15) is 8.42 Å². The van der Waals surface area contributed by atoms with Crippen LogP contribution in [-0.2, 0) is 14.6 Å². The van der Waals surface area contributed by atoms with Crippen LogP contribution >= 0.6 is 0 Å². The van der Waals surface area contributed by atoms with Gasteiger partial charge >= 0.3 is 10.4 Å². The smallest absolute Gasteiger partial charge is 0.344 e. The van der Waals surface area contributed by atoms with Crippen LogP contribution in [0.4, 0.5) is 0 Å². The van der Waals surface area contributed by atoms with E-state index in [1.165, 1.54) is 0 Å². The molecule has 0 spiro atoms. The second kappa shape index (κ2) is 3.66. The van der Waals surface area contributed by atoms with Crippen molar-refractivity contribution >= 4 is 10.4 Å². The van der Waals surface area contributed by atoms with Crippen molar-refractivity contribution in [2.75, 3.05) is 0 Å². The van der Waals surface area contributed by atoms with Gasteiger partial charge in [0.2, 0.25) is 0 Å². The first-order chi connectivity index (χ1) is 6.67. The number of hydrogen-bond donors (Lipinski definition) is 2. The van der Waals surface area contributed by atoms with Crippen LogP contribution in [0.25, 0.3) is 0 Å². The molecule has 2 bridgehead atoms. The van der Waals surface area contributed by atoms with Crippen LogP contribution in [0.2, 0.25) is 0 Å². The number of hydrogen-bond acceptors (Lipinski definition) is 4. The van der Waals surface area contributed by atoms with E-state index in [1.54, 1.807) is 0 Å². The van der Waals surface area contributed by atoms with Gasteiger partial charge in [-0.25, -0.2) is 4.18 Å². The topological polar surface area (TPSA) is 98.6 Å². The summed E-state index contributed by atoms with van der Waals surface area (Å²) in [7, 11) is -4.32. The highest BCUT2D eigenvalue weighted by molar-refractivity contribution is 7.80. The molecule has 0 amide bonds. The lowest BCUT2D eigenvalue weighted by molar-refractivity contribution is 0.0271. The average molecular weight is 251 g/mol. The Balaban J connectivity index is 0.00000128. The zero-order valence-electron chi connectivity index (χ0n) is 10.1. The van der Waals surface area contributed by atoms with Gasteiger partial charge in [0, 0.05) is 5.41 Å². The van der Waals surface area contributed by atoms with Gasteiger partial charge in [-0.1, -0.05) is 20.8 Å². The van der Waals surface area contributed by atoms with Crippen LogP contribution in [0, 0.1) is 16.7 Å². The molecule has 5 nitrogen and oxygen atoms in total. The summed E-state index contributed by atoms with van der Waals surface area (Å²) in [5.74, 6) is 0.509. The minimum absolute atomic E-state index is 0. The molecule has 3 atom stereocenters. The van der Waals surface area contributed by atoms with Gasteiger partial charge in [-0.05, 0) is 30.6 Å². The lowest BCUT2D eigenvalue weighted by Gasteiger charge is -2.37. The summed E-state index contributed by atoms with van der Waals surface area (Å²) >= 11 is 0. The van der Waals surface area contributed by atoms with E-state index in [0.29, 0.717) is 5.92 Å². The Hall–Kier alpha value is -0.170. The van der Waals surface area contributed by atoms with Crippen LogP contribution in [-0.4, -0.2) is 19.1 Å². The summed E-state index contributed by atoms with van der Waals surface area (Å²) < 4.78 is 35.0. The van der Waals surface area contributed by atoms with E-state index in [2.05, 4.69) is 20.8 Å². The van der Waals surface area contributed by atoms with E-state index < -0.39 is 10.4 Å². The maximum absolute atomic E-state index is 10.8. The molecule has 2 aliphatic carbocycles. The molecule has 2 rings (SSSR count). The maximum atomic E-state index is 10.8. The van der Waals surface area contributed by atoms with Gasteiger partial charge in [-0.15, -0.1) is 0 Å². The van der Waals surface area contributed by atoms with E-state index in [-0.39, 0.29) is 23.1 Å². The van der Waals surface area contributed by atoms with Crippen molar-refractivity contribution in [3.63, 3.8) is 0 Å². The van der Waals surface area contributed by atoms with Crippen molar-refractivity contribution in [3.05, 3.63) is 0 Å². The van der Waals surface area contributed by atoms with Crippen molar-refractivity contribution in [3.8, 4) is 0 Å². The zero-order valence-corrected chi connectivity index (χ0v) is 10.9. The largest absolute Gasteiger partial charge is 0.397 e. The summed E-state index contributed by atoms with van der Waals surface area (Å²) in [5, 5.41) is 0. The molecule has 0 aromatic heterocycles. The van der Waals surface area contributed by atoms with E-state index >= 15 is 0 Å². The van der Waals surface area contributed by atoms with Crippen molar-refractivity contribution in [1.29, 1.82) is 0 Å². The second-order valence-electron chi connectivity index (χ2n) is 5.62. The molecule has 96 valence electrons. The minimum atomic E-state index is -4.32. The van der Waals surface area contributed by atoms with Crippen LogP contribution in [0.1, 0.15) is 40.0 Å². The highest BCUT2D eigenvalue weighted by atomic mass is 32.3. The Morgan fingerprint density at radius 2 is 1.88 bits per heavy atom. The van der Waals surface area contributed by atoms with Crippen LogP contribution < -0.4 is 6.15 Å². The Labute approximate surface area is 97.1 Å². The summed E-state index contributed by atoms with van der Waals surface area (Å²) in [4.78, 5) is 0. The van der Waals surface area contributed by atoms with Crippen molar-refractivity contribution in [1.82, 2.24) is 6.15 Å². The third-order valence-corrected chi connectivity index (χ3v) is 5.43. The summed E-state index contributed by atoms with van der Waals surface area (Å²) in [6, 6.07) is 0. The van der Waals surface area contributed by atoms with Crippen molar-refractivity contribution in [2.45, 2.75) is 46.1 Å². The van der Waals surface area contributed by atoms with Crippen LogP contribution in [0.3, 0.4) is 0 Å². The molecule has 0 aromatic carbocycles. The van der Waals surface area contributed by atoms with Crippen LogP contribution in [0.15, 0.2) is 0 Å². The lowest BCUT2D eigenvalue weighted by Crippen LogP contribution is -2.38. The predicted octanol–water partition coefficient (Wildman–Crippen LogP) is 2.18. The van der Waals surface area contributed by atoms with Gasteiger partial charge in [0.15, 0.2) is 0 Å². The Morgan fingerprint density at radius 3 is 2.19 bits per heavy atom. The first kappa shape index (κ1) is 13.9. The summed E-state index contributed by atoms with van der Waals surface area (Å²) in [6.45, 7) is 6.39. The monoisotopic (exact) mass is 251 g/mol. The quantitative estimate of drug-likeness (QED) is 0.733. The third kappa shape index (κ3) is 1.77. The van der Waals surface area contributed by atoms with Crippen molar-refractivity contribution in [2.24, 2.45) is 16.7 Å². The minimum Gasteiger partial charge on any atom is -0.344 e. The number of rotatable bonds is 2. The van der Waals surface area contributed by atoms with E-state index in [9.17, 15) is 8.42 Å². The fourth-order valence-electron chi connectivity index (χ4n) is 3.42. The lowest BCUT2D eigenvalue weighted by atomic mass is 9.70. The molecule has 0 aromatic rings. The zero-order chi connectivity index (χ0) is 11.5. The van der Waals surface area contributed by atoms with Crippen LogP contribution in [0.5, 0.6) is 0 Å². The molecule has 0 radical (unpaired) electrons. The third-order valence-electron chi connectivity index (χ3n) is 4.95. The van der Waals surface area contributed by atoms with Gasteiger partial charge in [0.05, 0.1) is 6.10 Å². The van der Waals surface area contributed by atoms with Crippen molar-refractivity contribution < 1.29 is 17.2 Å². The fraction of sp³-hybridized carbons (Fsp3) is 1.00. The molecule has 0 aliphatic heterocycles. The predicted molar refractivity (Wildman–Crippen MR) is 60.7 cm³/mol. The van der Waals surface area contributed by atoms with Gasteiger partial charge < -0.3 is 6.15 Å². The molecule has 0 heterocycles. The normalized spacial score (nSPS) is 40.8. The van der Waals surface area contributed by atoms with E-state index in [4.69, 9.17) is 8.74 Å². The second-order valence-corrected chi connectivity index (χ2v) is 6.67. The molecule has 2 aliphatic rings. The first-order valence-corrected chi connectivity index (χ1v) is 6.69. The Morgan fingerprint density at radius 1 is 1.31 bits per heavy atom. The summed E-state index contributed by atoms with van der Waals surface area (Å²) in [5.41, 5.74) is -0.0319. The molecule has 0 saturated heterocycles. The van der Waals surface area contributed by atoms with Gasteiger partial charge in [-0.3, -0.25) is 4.55 Å². The van der Waals surface area contributed by atoms with Gasteiger partial charge in [0.25, 0.3) is 0 Å². The fourth-order valence-corrected chi connectivity index (χ4v) is 4.01. The molecular formula is C10H21NO4S. The molecule has 6 heteroatoms. The van der Waals surface area contributed by atoms with E-state index in [1.807, 2.05) is 0 Å². The Bertz CT molecular complexity index is 378. The molecular weight excluding hydrogens is 230 g/mol. The number of fused-ring (bicyclic) bond motifs is 2. The average Bonchev–Trinajstić information content (AvgIpc) is 2.34.